The summed E-state index contributed by atoms with van der Waals surface area (Å²) in [5, 5.41) is 14.7. The molecule has 0 spiro atoms. The number of ether oxygens (including phenoxy) is 4. The number of halogens is 2. The molecule has 0 bridgehead atoms. The van der Waals surface area contributed by atoms with Gasteiger partial charge in [-0.1, -0.05) is 41.4 Å². The maximum Gasteiger partial charge on any atom is 0.228 e. The van der Waals surface area contributed by atoms with E-state index in [0.717, 1.165) is 66.7 Å². The Kier molecular flexibility index (Phi) is 13.1. The number of nitrogens with one attached hydrogen (secondary N) is 1. The first kappa shape index (κ1) is 37.3. The number of rotatable bonds is 17. The number of methoxy groups -OCH3 is 1. The molecule has 1 heterocycles. The zero-order valence-corrected chi connectivity index (χ0v) is 30.6. The van der Waals surface area contributed by atoms with Crippen LogP contribution in [-0.4, -0.2) is 74.2 Å². The molecule has 1 aliphatic heterocycles. The molecule has 3 aromatic rings. The first-order valence-corrected chi connectivity index (χ1v) is 18.1. The maximum atomic E-state index is 14.4. The Balaban J connectivity index is 1.24. The Hall–Kier alpha value is -3.01. The molecule has 1 saturated carbocycles. The molecular weight excluding hydrogens is 663 g/mol. The van der Waals surface area contributed by atoms with Crippen LogP contribution in [0, 0.1) is 12.8 Å². The number of hydrogen-bond donors (Lipinski definition) is 2. The third-order valence-corrected chi connectivity index (χ3v) is 9.47. The number of aryl methyl sites for hydroxylation is 2. The topological polar surface area (TPSA) is 89.5 Å². The zero-order valence-electron chi connectivity index (χ0n) is 29.1. The van der Waals surface area contributed by atoms with Crippen LogP contribution in [0.2, 0.25) is 10.0 Å². The molecule has 0 radical (unpaired) electrons. The highest BCUT2D eigenvalue weighted by Gasteiger charge is 2.40. The van der Waals surface area contributed by atoms with E-state index < -0.39 is 5.60 Å². The standard InChI is InChI=1S/C39H50Cl2N2O6/c1-26-18-35(40)37(36(41)19-26)48-17-16-47-31-11-7-29(8-12-31)33-13-14-42-23-34(33)38(44)43(30-9-10-30)24-28-20-27(6-5-15-46-4)21-32(22-28)49-25-39(2,3)45/h7-8,11-12,18-22,30,33-34,42,45H,5-6,9-10,13-17,23-25H2,1-4H3. The zero-order chi connectivity index (χ0) is 35.0. The minimum absolute atomic E-state index is 0.101. The molecule has 2 aliphatic rings. The van der Waals surface area contributed by atoms with Crippen molar-refractivity contribution in [3.05, 3.63) is 86.9 Å². The lowest BCUT2D eigenvalue weighted by atomic mass is 9.80. The number of amides is 1. The summed E-state index contributed by atoms with van der Waals surface area (Å²) in [4.78, 5) is 16.5. The van der Waals surface area contributed by atoms with Crippen LogP contribution in [0.25, 0.3) is 0 Å². The lowest BCUT2D eigenvalue weighted by molar-refractivity contribution is -0.138. The highest BCUT2D eigenvalue weighted by molar-refractivity contribution is 6.37. The van der Waals surface area contributed by atoms with Crippen LogP contribution in [0.5, 0.6) is 17.2 Å². The summed E-state index contributed by atoms with van der Waals surface area (Å²) >= 11 is 12.6. The molecule has 1 saturated heterocycles. The van der Waals surface area contributed by atoms with Crippen LogP contribution < -0.4 is 19.5 Å². The minimum atomic E-state index is -0.949. The van der Waals surface area contributed by atoms with Gasteiger partial charge < -0.3 is 34.3 Å². The smallest absolute Gasteiger partial charge is 0.228 e. The van der Waals surface area contributed by atoms with Gasteiger partial charge in [0.15, 0.2) is 5.75 Å². The fraction of sp³-hybridized carbons (Fsp3) is 0.513. The number of benzene rings is 3. The average molecular weight is 714 g/mol. The second-order valence-electron chi connectivity index (χ2n) is 13.9. The van der Waals surface area contributed by atoms with Crippen LogP contribution in [-0.2, 0) is 22.5 Å². The molecule has 2 unspecified atom stereocenters. The van der Waals surface area contributed by atoms with Crippen molar-refractivity contribution in [2.24, 2.45) is 5.92 Å². The van der Waals surface area contributed by atoms with Gasteiger partial charge in [0.1, 0.15) is 31.3 Å². The SMILES string of the molecule is COCCCc1cc(CN(C(=O)C2CNCCC2c2ccc(OCCOc3c(Cl)cc(C)cc3Cl)cc2)C2CC2)cc(OCC(C)(C)O)c1. The summed E-state index contributed by atoms with van der Waals surface area (Å²) in [7, 11) is 1.71. The molecule has 8 nitrogen and oxygen atoms in total. The summed E-state index contributed by atoms with van der Waals surface area (Å²) in [5.41, 5.74) is 3.34. The summed E-state index contributed by atoms with van der Waals surface area (Å²) in [6, 6.07) is 18.2. The predicted octanol–water partition coefficient (Wildman–Crippen LogP) is 7.37. The molecular formula is C39H50Cl2N2O6. The fourth-order valence-electron chi connectivity index (χ4n) is 6.37. The van der Waals surface area contributed by atoms with E-state index in [4.69, 9.17) is 42.1 Å². The van der Waals surface area contributed by atoms with Gasteiger partial charge in [-0.3, -0.25) is 4.79 Å². The van der Waals surface area contributed by atoms with Gasteiger partial charge in [-0.05, 0) is 124 Å². The quantitative estimate of drug-likeness (QED) is 0.141. The highest BCUT2D eigenvalue weighted by Crippen LogP contribution is 2.37. The van der Waals surface area contributed by atoms with Gasteiger partial charge in [0.25, 0.3) is 0 Å². The number of carbonyl (C=O) groups excluding carboxylic acids is 1. The molecule has 49 heavy (non-hydrogen) atoms. The molecule has 0 aromatic heterocycles. The van der Waals surface area contributed by atoms with E-state index in [1.54, 1.807) is 21.0 Å². The van der Waals surface area contributed by atoms with Gasteiger partial charge in [0.05, 0.1) is 21.6 Å². The first-order chi connectivity index (χ1) is 23.5. The Morgan fingerprint density at radius 3 is 2.29 bits per heavy atom. The van der Waals surface area contributed by atoms with Gasteiger partial charge in [-0.2, -0.15) is 0 Å². The van der Waals surface area contributed by atoms with E-state index in [2.05, 4.69) is 28.4 Å². The van der Waals surface area contributed by atoms with Crippen molar-refractivity contribution in [1.82, 2.24) is 10.2 Å². The molecule has 1 aliphatic carbocycles. The van der Waals surface area contributed by atoms with Gasteiger partial charge in [0, 0.05) is 32.8 Å². The molecule has 10 heteroatoms. The van der Waals surface area contributed by atoms with Crippen LogP contribution in [0.4, 0.5) is 0 Å². The average Bonchev–Trinajstić information content (AvgIpc) is 3.91. The van der Waals surface area contributed by atoms with Crippen molar-refractivity contribution in [1.29, 1.82) is 0 Å². The van der Waals surface area contributed by atoms with Crippen LogP contribution >= 0.6 is 23.2 Å². The molecule has 3 aromatic carbocycles. The maximum absolute atomic E-state index is 14.4. The Labute approximate surface area is 301 Å². The molecule has 5 rings (SSSR count). The van der Waals surface area contributed by atoms with Gasteiger partial charge in [-0.15, -0.1) is 0 Å². The molecule has 2 atom stereocenters. The van der Waals surface area contributed by atoms with Crippen molar-refractivity contribution in [3.8, 4) is 17.2 Å². The minimum Gasteiger partial charge on any atom is -0.491 e. The lowest BCUT2D eigenvalue weighted by Gasteiger charge is -2.36. The Morgan fingerprint density at radius 1 is 0.918 bits per heavy atom. The molecule has 2 fully saturated rings. The van der Waals surface area contributed by atoms with Crippen molar-refractivity contribution < 1.29 is 28.8 Å². The monoisotopic (exact) mass is 712 g/mol. The Bertz CT molecular complexity index is 1520. The van der Waals surface area contributed by atoms with E-state index in [-0.39, 0.29) is 30.4 Å². The van der Waals surface area contributed by atoms with Crippen LogP contribution in [0.15, 0.2) is 54.6 Å². The third-order valence-electron chi connectivity index (χ3n) is 8.90. The normalized spacial score (nSPS) is 17.9. The van der Waals surface area contributed by atoms with Gasteiger partial charge in [0.2, 0.25) is 5.91 Å². The summed E-state index contributed by atoms with van der Waals surface area (Å²) in [6.45, 7) is 8.92. The molecule has 266 valence electrons. The third kappa shape index (κ3) is 11.0. The number of hydrogen-bond acceptors (Lipinski definition) is 7. The van der Waals surface area contributed by atoms with E-state index in [1.807, 2.05) is 43.3 Å². The van der Waals surface area contributed by atoms with E-state index in [0.29, 0.717) is 54.5 Å². The summed E-state index contributed by atoms with van der Waals surface area (Å²) in [5.74, 6) is 2.03. The summed E-state index contributed by atoms with van der Waals surface area (Å²) < 4.78 is 23.0. The first-order valence-electron chi connectivity index (χ1n) is 17.3. The van der Waals surface area contributed by atoms with Crippen molar-refractivity contribution in [3.63, 3.8) is 0 Å². The number of piperidine rings is 1. The lowest BCUT2D eigenvalue weighted by Crippen LogP contribution is -2.47. The molecule has 2 N–H and O–H groups in total. The fourth-order valence-corrected chi connectivity index (χ4v) is 7.07. The summed E-state index contributed by atoms with van der Waals surface area (Å²) in [6.07, 6.45) is 4.65. The van der Waals surface area contributed by atoms with E-state index >= 15 is 0 Å². The highest BCUT2D eigenvalue weighted by atomic mass is 35.5. The van der Waals surface area contributed by atoms with Crippen molar-refractivity contribution in [2.75, 3.05) is 46.6 Å². The van der Waals surface area contributed by atoms with Crippen LogP contribution in [0.3, 0.4) is 0 Å². The van der Waals surface area contributed by atoms with Gasteiger partial charge in [-0.25, -0.2) is 0 Å². The number of carbonyl (C=O) groups is 1. The molecule has 1 amide bonds. The van der Waals surface area contributed by atoms with Crippen molar-refractivity contribution in [2.45, 2.75) is 77.0 Å². The largest absolute Gasteiger partial charge is 0.491 e. The second kappa shape index (κ2) is 17.3. The van der Waals surface area contributed by atoms with E-state index in [9.17, 15) is 9.90 Å². The second-order valence-corrected chi connectivity index (χ2v) is 14.7. The Morgan fingerprint density at radius 2 is 1.61 bits per heavy atom. The number of nitrogens with zero attached hydrogens (tertiary/aromatic N) is 1. The number of aliphatic hydroxyl groups is 1. The van der Waals surface area contributed by atoms with Gasteiger partial charge >= 0.3 is 0 Å². The van der Waals surface area contributed by atoms with Crippen LogP contribution in [0.1, 0.15) is 67.7 Å². The van der Waals surface area contributed by atoms with E-state index in [1.165, 1.54) is 0 Å². The predicted molar refractivity (Wildman–Crippen MR) is 194 cm³/mol. The van der Waals surface area contributed by atoms with Crippen molar-refractivity contribution >= 4 is 29.1 Å².